The summed E-state index contributed by atoms with van der Waals surface area (Å²) in [5.41, 5.74) is 1.77. The van der Waals surface area contributed by atoms with Crippen molar-refractivity contribution in [2.24, 2.45) is 7.05 Å². The average Bonchev–Trinajstić information content (AvgIpc) is 2.85. The summed E-state index contributed by atoms with van der Waals surface area (Å²) in [5.74, 6) is 1.69. The minimum Gasteiger partial charge on any atom is -0.356 e. The number of nitrogens with zero attached hydrogens (tertiary/aromatic N) is 5. The fourth-order valence-corrected chi connectivity index (χ4v) is 4.31. The number of hydrogen-bond donors (Lipinski definition) is 1. The third-order valence-corrected chi connectivity index (χ3v) is 6.20. The lowest BCUT2D eigenvalue weighted by molar-refractivity contribution is 0.256. The molecule has 7 nitrogen and oxygen atoms in total. The lowest BCUT2D eigenvalue weighted by Crippen LogP contribution is -2.47. The minimum atomic E-state index is -0.0171. The van der Waals surface area contributed by atoms with Crippen LogP contribution in [0.3, 0.4) is 0 Å². The fourth-order valence-electron chi connectivity index (χ4n) is 4.31. The highest BCUT2D eigenvalue weighted by atomic mass is 16.1. The van der Waals surface area contributed by atoms with Crippen molar-refractivity contribution in [3.05, 3.63) is 71.0 Å². The third kappa shape index (κ3) is 4.16. The molecule has 0 spiro atoms. The molecule has 2 aromatic heterocycles. The molecular formula is C25H28N6O. The van der Waals surface area contributed by atoms with E-state index in [1.54, 1.807) is 11.6 Å². The monoisotopic (exact) mass is 428 g/mol. The predicted molar refractivity (Wildman–Crippen MR) is 130 cm³/mol. The van der Waals surface area contributed by atoms with Gasteiger partial charge in [-0.2, -0.15) is 0 Å². The molecule has 164 valence electrons. The Kier molecular flexibility index (Phi) is 5.73. The molecule has 4 aromatic rings. The van der Waals surface area contributed by atoms with Gasteiger partial charge in [-0.05, 0) is 43.3 Å². The van der Waals surface area contributed by atoms with Crippen molar-refractivity contribution in [1.82, 2.24) is 19.4 Å². The van der Waals surface area contributed by atoms with Crippen LogP contribution in [-0.4, -0.2) is 58.7 Å². The van der Waals surface area contributed by atoms with Gasteiger partial charge in [-0.3, -0.25) is 14.3 Å². The van der Waals surface area contributed by atoms with E-state index in [2.05, 4.69) is 44.4 Å². The highest BCUT2D eigenvalue weighted by molar-refractivity contribution is 5.80. The van der Waals surface area contributed by atoms with E-state index in [1.165, 1.54) is 5.39 Å². The number of piperazine rings is 1. The first-order valence-electron chi connectivity index (χ1n) is 11.2. The van der Waals surface area contributed by atoms with Crippen molar-refractivity contribution in [1.29, 1.82) is 0 Å². The summed E-state index contributed by atoms with van der Waals surface area (Å²) in [6.45, 7) is 5.83. The highest BCUT2D eigenvalue weighted by Gasteiger charge is 2.18. The second-order valence-corrected chi connectivity index (χ2v) is 8.29. The number of hydrogen-bond acceptors (Lipinski definition) is 6. The Balaban J connectivity index is 1.12. The van der Waals surface area contributed by atoms with Crippen LogP contribution in [0, 0.1) is 0 Å². The number of benzene rings is 2. The number of para-hydroxylation sites is 2. The number of nitrogens with one attached hydrogen (secondary N) is 1. The molecule has 1 aliphatic heterocycles. The molecule has 32 heavy (non-hydrogen) atoms. The van der Waals surface area contributed by atoms with Crippen molar-refractivity contribution in [2.75, 3.05) is 49.5 Å². The maximum Gasteiger partial charge on any atom is 0.262 e. The van der Waals surface area contributed by atoms with Gasteiger partial charge in [0, 0.05) is 45.2 Å². The van der Waals surface area contributed by atoms with Gasteiger partial charge < -0.3 is 10.2 Å². The summed E-state index contributed by atoms with van der Waals surface area (Å²) >= 11 is 0. The van der Waals surface area contributed by atoms with E-state index in [4.69, 9.17) is 4.98 Å². The molecule has 1 fully saturated rings. The number of aromatic nitrogens is 3. The first kappa shape index (κ1) is 20.5. The zero-order valence-electron chi connectivity index (χ0n) is 18.4. The Morgan fingerprint density at radius 3 is 2.47 bits per heavy atom. The minimum absolute atomic E-state index is 0.0171. The topological polar surface area (TPSA) is 66.3 Å². The first-order valence-corrected chi connectivity index (χ1v) is 11.2. The Morgan fingerprint density at radius 2 is 1.62 bits per heavy atom. The van der Waals surface area contributed by atoms with E-state index >= 15 is 0 Å². The molecule has 0 aliphatic carbocycles. The number of fused-ring (bicyclic) bond motifs is 2. The van der Waals surface area contributed by atoms with E-state index < -0.39 is 0 Å². The molecular weight excluding hydrogens is 400 g/mol. The van der Waals surface area contributed by atoms with E-state index in [1.807, 2.05) is 36.4 Å². The molecule has 1 N–H and O–H groups in total. The SMILES string of the molecule is Cn1c(NCCCN2CCN(c3ccc4ccccc4n3)CC2)nc2ccccc2c1=O. The van der Waals surface area contributed by atoms with E-state index in [0.29, 0.717) is 11.3 Å². The second kappa shape index (κ2) is 8.96. The maximum atomic E-state index is 12.5. The van der Waals surface area contributed by atoms with Gasteiger partial charge in [0.05, 0.1) is 16.4 Å². The van der Waals surface area contributed by atoms with Crippen molar-refractivity contribution in [2.45, 2.75) is 6.42 Å². The lowest BCUT2D eigenvalue weighted by Gasteiger charge is -2.35. The summed E-state index contributed by atoms with van der Waals surface area (Å²) in [5, 5.41) is 5.18. The summed E-state index contributed by atoms with van der Waals surface area (Å²) in [6, 6.07) is 20.0. The number of rotatable bonds is 6. The van der Waals surface area contributed by atoms with E-state index in [-0.39, 0.29) is 5.56 Å². The van der Waals surface area contributed by atoms with Crippen molar-refractivity contribution in [3.63, 3.8) is 0 Å². The van der Waals surface area contributed by atoms with Crippen LogP contribution >= 0.6 is 0 Å². The molecule has 0 amide bonds. The number of pyridine rings is 1. The van der Waals surface area contributed by atoms with Crippen LogP contribution in [0.4, 0.5) is 11.8 Å². The van der Waals surface area contributed by atoms with Crippen molar-refractivity contribution < 1.29 is 0 Å². The van der Waals surface area contributed by atoms with Crippen LogP contribution in [0.2, 0.25) is 0 Å². The van der Waals surface area contributed by atoms with Gasteiger partial charge in [-0.25, -0.2) is 9.97 Å². The average molecular weight is 429 g/mol. The Bertz CT molecular complexity index is 1290. The van der Waals surface area contributed by atoms with Gasteiger partial charge in [0.1, 0.15) is 5.82 Å². The zero-order valence-corrected chi connectivity index (χ0v) is 18.4. The fraction of sp³-hybridized carbons (Fsp3) is 0.320. The molecule has 2 aromatic carbocycles. The summed E-state index contributed by atoms with van der Waals surface area (Å²) in [6.07, 6.45) is 0.997. The molecule has 0 radical (unpaired) electrons. The van der Waals surface area contributed by atoms with E-state index in [0.717, 1.165) is 62.5 Å². The summed E-state index contributed by atoms with van der Waals surface area (Å²) in [7, 11) is 1.77. The van der Waals surface area contributed by atoms with Gasteiger partial charge >= 0.3 is 0 Å². The molecule has 1 saturated heterocycles. The molecule has 5 rings (SSSR count). The standard InChI is InChI=1S/C25H28N6O/c1-29-24(32)20-8-3-5-10-22(20)28-25(29)26-13-6-14-30-15-17-31(18-16-30)23-12-11-19-7-2-4-9-21(19)27-23/h2-5,7-12H,6,13-18H2,1H3,(H,26,28). The zero-order chi connectivity index (χ0) is 21.9. The smallest absolute Gasteiger partial charge is 0.262 e. The molecule has 0 bridgehead atoms. The second-order valence-electron chi connectivity index (χ2n) is 8.29. The lowest BCUT2D eigenvalue weighted by atomic mass is 10.2. The molecule has 0 unspecified atom stereocenters. The summed E-state index contributed by atoms with van der Waals surface area (Å²) in [4.78, 5) is 26.8. The molecule has 3 heterocycles. The predicted octanol–water partition coefficient (Wildman–Crippen LogP) is 3.11. The Labute approximate surface area is 187 Å². The van der Waals surface area contributed by atoms with Gasteiger partial charge in [-0.1, -0.05) is 30.3 Å². The van der Waals surface area contributed by atoms with E-state index in [9.17, 15) is 4.79 Å². The quantitative estimate of drug-likeness (QED) is 0.476. The van der Waals surface area contributed by atoms with Gasteiger partial charge in [-0.15, -0.1) is 0 Å². The van der Waals surface area contributed by atoms with Crippen molar-refractivity contribution >= 4 is 33.6 Å². The Hall–Kier alpha value is -3.45. The largest absolute Gasteiger partial charge is 0.356 e. The highest BCUT2D eigenvalue weighted by Crippen LogP contribution is 2.19. The molecule has 1 aliphatic rings. The third-order valence-electron chi connectivity index (χ3n) is 6.20. The van der Waals surface area contributed by atoms with Crippen LogP contribution in [0.25, 0.3) is 21.8 Å². The summed E-state index contributed by atoms with van der Waals surface area (Å²) < 4.78 is 1.59. The van der Waals surface area contributed by atoms with Crippen molar-refractivity contribution in [3.8, 4) is 0 Å². The van der Waals surface area contributed by atoms with Crippen LogP contribution in [-0.2, 0) is 7.05 Å². The molecule has 7 heteroatoms. The molecule has 0 atom stereocenters. The normalized spacial score (nSPS) is 14.8. The van der Waals surface area contributed by atoms with Crippen LogP contribution in [0.15, 0.2) is 65.5 Å². The maximum absolute atomic E-state index is 12.5. The van der Waals surface area contributed by atoms with Gasteiger partial charge in [0.15, 0.2) is 0 Å². The van der Waals surface area contributed by atoms with Crippen LogP contribution in [0.5, 0.6) is 0 Å². The Morgan fingerprint density at radius 1 is 0.875 bits per heavy atom. The first-order chi connectivity index (χ1) is 15.7. The van der Waals surface area contributed by atoms with Gasteiger partial charge in [0.2, 0.25) is 5.95 Å². The molecule has 0 saturated carbocycles. The van der Waals surface area contributed by atoms with Crippen LogP contribution in [0.1, 0.15) is 6.42 Å². The number of anilines is 2. The van der Waals surface area contributed by atoms with Gasteiger partial charge in [0.25, 0.3) is 5.56 Å². The van der Waals surface area contributed by atoms with Crippen LogP contribution < -0.4 is 15.8 Å².